The normalized spacial score (nSPS) is 14.2. The van der Waals surface area contributed by atoms with Crippen LogP contribution in [0.2, 0.25) is 0 Å². The van der Waals surface area contributed by atoms with Gasteiger partial charge in [-0.1, -0.05) is 6.07 Å². The molecule has 1 aliphatic rings. The van der Waals surface area contributed by atoms with Gasteiger partial charge < -0.3 is 5.11 Å². The van der Waals surface area contributed by atoms with Gasteiger partial charge in [-0.2, -0.15) is 0 Å². The Hall–Kier alpha value is -1.64. The van der Waals surface area contributed by atoms with Gasteiger partial charge in [0.1, 0.15) is 0 Å². The van der Waals surface area contributed by atoms with Crippen molar-refractivity contribution < 1.29 is 14.7 Å². The summed E-state index contributed by atoms with van der Waals surface area (Å²) in [6.07, 6.45) is 1.12. The van der Waals surface area contributed by atoms with Gasteiger partial charge in [-0.15, -0.1) is 0 Å². The number of carboxylic acids is 1. The Balaban J connectivity index is 2.71. The van der Waals surface area contributed by atoms with E-state index in [1.165, 1.54) is 0 Å². The standard InChI is InChI=1S/C11H10O3/c1-6-4-7-2-3-9(12)10(7)8(5-6)11(13)14/h4-5H,2-3H2,1H3,(H,13,14). The molecule has 1 aromatic carbocycles. The number of aryl methyl sites for hydroxylation is 2. The van der Waals surface area contributed by atoms with E-state index in [-0.39, 0.29) is 11.3 Å². The molecule has 0 unspecified atom stereocenters. The van der Waals surface area contributed by atoms with E-state index in [0.717, 1.165) is 11.1 Å². The Kier molecular flexibility index (Phi) is 1.88. The fourth-order valence-corrected chi connectivity index (χ4v) is 1.93. The van der Waals surface area contributed by atoms with Crippen molar-refractivity contribution in [2.24, 2.45) is 0 Å². The summed E-state index contributed by atoms with van der Waals surface area (Å²) in [4.78, 5) is 22.3. The monoisotopic (exact) mass is 190 g/mol. The molecule has 0 atom stereocenters. The maximum absolute atomic E-state index is 11.4. The van der Waals surface area contributed by atoms with E-state index >= 15 is 0 Å². The quantitative estimate of drug-likeness (QED) is 0.734. The van der Waals surface area contributed by atoms with Gasteiger partial charge in [-0.05, 0) is 30.5 Å². The zero-order valence-corrected chi connectivity index (χ0v) is 7.83. The van der Waals surface area contributed by atoms with Crippen molar-refractivity contribution in [3.05, 3.63) is 34.4 Å². The molecule has 2 rings (SSSR count). The second kappa shape index (κ2) is 2.94. The number of Topliss-reactive ketones (excluding diaryl/α,β-unsaturated/α-hetero) is 1. The minimum atomic E-state index is -1.01. The number of carbonyl (C=O) groups excluding carboxylic acids is 1. The first kappa shape index (κ1) is 8.94. The van der Waals surface area contributed by atoms with Crippen LogP contribution < -0.4 is 0 Å². The SMILES string of the molecule is Cc1cc2c(c(C(=O)O)c1)C(=O)CC2. The summed E-state index contributed by atoms with van der Waals surface area (Å²) >= 11 is 0. The van der Waals surface area contributed by atoms with E-state index in [1.54, 1.807) is 6.07 Å². The summed E-state index contributed by atoms with van der Waals surface area (Å²) in [5.74, 6) is -1.06. The highest BCUT2D eigenvalue weighted by molar-refractivity contribution is 6.09. The van der Waals surface area contributed by atoms with Gasteiger partial charge in [0.15, 0.2) is 5.78 Å². The van der Waals surface area contributed by atoms with Gasteiger partial charge in [-0.25, -0.2) is 4.79 Å². The lowest BCUT2D eigenvalue weighted by molar-refractivity contribution is 0.0692. The maximum atomic E-state index is 11.4. The third-order valence-corrected chi connectivity index (χ3v) is 2.50. The van der Waals surface area contributed by atoms with Crippen LogP contribution >= 0.6 is 0 Å². The van der Waals surface area contributed by atoms with Crippen LogP contribution in [0.15, 0.2) is 12.1 Å². The second-order valence-corrected chi connectivity index (χ2v) is 3.57. The predicted molar refractivity (Wildman–Crippen MR) is 50.8 cm³/mol. The fraction of sp³-hybridized carbons (Fsp3) is 0.273. The van der Waals surface area contributed by atoms with E-state index in [1.807, 2.05) is 13.0 Å². The molecule has 0 bridgehead atoms. The Morgan fingerprint density at radius 2 is 2.07 bits per heavy atom. The molecule has 0 fully saturated rings. The molecule has 1 N–H and O–H groups in total. The van der Waals surface area contributed by atoms with Crippen LogP contribution in [0.5, 0.6) is 0 Å². The van der Waals surface area contributed by atoms with Gasteiger partial charge in [0.25, 0.3) is 0 Å². The maximum Gasteiger partial charge on any atom is 0.336 e. The Morgan fingerprint density at radius 1 is 1.36 bits per heavy atom. The van der Waals surface area contributed by atoms with Gasteiger partial charge in [0, 0.05) is 12.0 Å². The molecular formula is C11H10O3. The lowest BCUT2D eigenvalue weighted by Crippen LogP contribution is -2.06. The number of aromatic carboxylic acids is 1. The Bertz CT molecular complexity index is 432. The van der Waals surface area contributed by atoms with Crippen LogP contribution in [0.1, 0.15) is 38.3 Å². The van der Waals surface area contributed by atoms with E-state index in [0.29, 0.717) is 18.4 Å². The van der Waals surface area contributed by atoms with Crippen LogP contribution in [0.3, 0.4) is 0 Å². The second-order valence-electron chi connectivity index (χ2n) is 3.57. The summed E-state index contributed by atoms with van der Waals surface area (Å²) in [7, 11) is 0. The zero-order chi connectivity index (χ0) is 10.3. The number of benzene rings is 1. The first-order chi connectivity index (χ1) is 6.59. The van der Waals surface area contributed by atoms with E-state index in [9.17, 15) is 9.59 Å². The van der Waals surface area contributed by atoms with Gasteiger partial charge in [-0.3, -0.25) is 4.79 Å². The average Bonchev–Trinajstić information content (AvgIpc) is 2.46. The smallest absolute Gasteiger partial charge is 0.336 e. The first-order valence-corrected chi connectivity index (χ1v) is 4.49. The van der Waals surface area contributed by atoms with Crippen molar-refractivity contribution >= 4 is 11.8 Å². The molecule has 3 heteroatoms. The number of hydrogen-bond donors (Lipinski definition) is 1. The van der Waals surface area contributed by atoms with Gasteiger partial charge in [0.05, 0.1) is 5.56 Å². The van der Waals surface area contributed by atoms with Crippen molar-refractivity contribution in [3.63, 3.8) is 0 Å². The third-order valence-electron chi connectivity index (χ3n) is 2.50. The highest BCUT2D eigenvalue weighted by Crippen LogP contribution is 2.26. The molecule has 0 spiro atoms. The predicted octanol–water partition coefficient (Wildman–Crippen LogP) is 1.82. The Labute approximate surface area is 81.4 Å². The lowest BCUT2D eigenvalue weighted by atomic mass is 10.00. The summed E-state index contributed by atoms with van der Waals surface area (Å²) in [6, 6.07) is 3.46. The van der Waals surface area contributed by atoms with Crippen LogP contribution in [0.25, 0.3) is 0 Å². The molecule has 0 amide bonds. The molecule has 14 heavy (non-hydrogen) atoms. The first-order valence-electron chi connectivity index (χ1n) is 4.49. The molecule has 0 saturated carbocycles. The van der Waals surface area contributed by atoms with Crippen LogP contribution in [-0.2, 0) is 6.42 Å². The molecule has 0 heterocycles. The summed E-state index contributed by atoms with van der Waals surface area (Å²) < 4.78 is 0. The Morgan fingerprint density at radius 3 is 2.71 bits per heavy atom. The number of carbonyl (C=O) groups is 2. The molecule has 72 valence electrons. The van der Waals surface area contributed by atoms with E-state index in [4.69, 9.17) is 5.11 Å². The largest absolute Gasteiger partial charge is 0.478 e. The number of hydrogen-bond acceptors (Lipinski definition) is 2. The summed E-state index contributed by atoms with van der Waals surface area (Å²) in [5.41, 5.74) is 2.36. The lowest BCUT2D eigenvalue weighted by Gasteiger charge is -2.04. The highest BCUT2D eigenvalue weighted by atomic mass is 16.4. The van der Waals surface area contributed by atoms with Gasteiger partial charge >= 0.3 is 5.97 Å². The number of carboxylic acid groups (broad SMARTS) is 1. The summed E-state index contributed by atoms with van der Waals surface area (Å²) in [5, 5.41) is 8.94. The highest BCUT2D eigenvalue weighted by Gasteiger charge is 2.25. The molecule has 0 aromatic heterocycles. The topological polar surface area (TPSA) is 54.4 Å². The molecule has 0 aliphatic heterocycles. The average molecular weight is 190 g/mol. The minimum Gasteiger partial charge on any atom is -0.478 e. The molecule has 0 saturated heterocycles. The van der Waals surface area contributed by atoms with Crippen LogP contribution in [0, 0.1) is 6.92 Å². The number of rotatable bonds is 1. The fourth-order valence-electron chi connectivity index (χ4n) is 1.93. The zero-order valence-electron chi connectivity index (χ0n) is 7.83. The molecule has 3 nitrogen and oxygen atoms in total. The molecular weight excluding hydrogens is 180 g/mol. The number of ketones is 1. The minimum absolute atomic E-state index is 0.0441. The van der Waals surface area contributed by atoms with Crippen molar-refractivity contribution in [2.75, 3.05) is 0 Å². The van der Waals surface area contributed by atoms with Crippen LogP contribution in [0.4, 0.5) is 0 Å². The van der Waals surface area contributed by atoms with E-state index in [2.05, 4.69) is 0 Å². The number of fused-ring (bicyclic) bond motifs is 1. The third kappa shape index (κ3) is 1.21. The molecule has 0 radical (unpaired) electrons. The van der Waals surface area contributed by atoms with Crippen molar-refractivity contribution in [1.29, 1.82) is 0 Å². The molecule has 1 aromatic rings. The van der Waals surface area contributed by atoms with Crippen LogP contribution in [-0.4, -0.2) is 16.9 Å². The van der Waals surface area contributed by atoms with E-state index < -0.39 is 5.97 Å². The van der Waals surface area contributed by atoms with Crippen molar-refractivity contribution in [2.45, 2.75) is 19.8 Å². The summed E-state index contributed by atoms with van der Waals surface area (Å²) in [6.45, 7) is 1.84. The van der Waals surface area contributed by atoms with Gasteiger partial charge in [0.2, 0.25) is 0 Å². The van der Waals surface area contributed by atoms with Crippen molar-refractivity contribution in [3.8, 4) is 0 Å². The molecule has 1 aliphatic carbocycles. The van der Waals surface area contributed by atoms with Crippen molar-refractivity contribution in [1.82, 2.24) is 0 Å².